The van der Waals surface area contributed by atoms with E-state index in [0.29, 0.717) is 13.1 Å². The fourth-order valence-corrected chi connectivity index (χ4v) is 5.69. The number of ether oxygens (including phenoxy) is 2. The Kier molecular flexibility index (Phi) is 6.55. The Hall–Kier alpha value is -2.67. The van der Waals surface area contributed by atoms with Crippen LogP contribution in [0.15, 0.2) is 46.2 Å². The summed E-state index contributed by atoms with van der Waals surface area (Å²) in [7, 11) is -5.28. The van der Waals surface area contributed by atoms with Crippen molar-refractivity contribution < 1.29 is 31.1 Å². The molecule has 3 rings (SSSR count). The van der Waals surface area contributed by atoms with Crippen LogP contribution in [0.3, 0.4) is 0 Å². The van der Waals surface area contributed by atoms with E-state index in [2.05, 4.69) is 5.32 Å². The van der Waals surface area contributed by atoms with E-state index in [9.17, 15) is 21.6 Å². The van der Waals surface area contributed by atoms with Crippen LogP contribution in [-0.2, 0) is 20.0 Å². The van der Waals surface area contributed by atoms with Crippen molar-refractivity contribution >= 4 is 31.6 Å². The molecule has 12 heteroatoms. The first-order chi connectivity index (χ1) is 14.6. The number of nitrogens with two attached hydrogens (primary N) is 1. The van der Waals surface area contributed by atoms with Crippen LogP contribution in [0, 0.1) is 0 Å². The highest BCUT2D eigenvalue weighted by molar-refractivity contribution is 7.89. The van der Waals surface area contributed by atoms with Crippen molar-refractivity contribution in [2.75, 3.05) is 32.6 Å². The number of amides is 1. The Bertz CT molecular complexity index is 1210. The third-order valence-corrected chi connectivity index (χ3v) is 7.69. The number of hydrogen-bond acceptors (Lipinski definition) is 7. The molecule has 1 aliphatic heterocycles. The van der Waals surface area contributed by atoms with E-state index in [-0.39, 0.29) is 32.5 Å². The molecule has 1 heterocycles. The minimum absolute atomic E-state index is 0.0314. The fourth-order valence-electron chi connectivity index (χ4n) is 3.27. The number of primary sulfonamides is 1. The molecule has 1 amide bonds. The highest BCUT2D eigenvalue weighted by Crippen LogP contribution is 2.31. The molecule has 0 bridgehead atoms. The van der Waals surface area contributed by atoms with Gasteiger partial charge >= 0.3 is 0 Å². The summed E-state index contributed by atoms with van der Waals surface area (Å²) < 4.78 is 61.1. The number of carbonyl (C=O) groups is 1. The number of hydrogen-bond donors (Lipinski definition) is 2. The molecule has 168 valence electrons. The molecule has 1 fully saturated rings. The van der Waals surface area contributed by atoms with Gasteiger partial charge in [0.2, 0.25) is 20.0 Å². The minimum Gasteiger partial charge on any atom is -0.495 e. The predicted molar refractivity (Wildman–Crippen MR) is 113 cm³/mol. The molecule has 1 saturated heterocycles. The average Bonchev–Trinajstić information content (AvgIpc) is 3.28. The van der Waals surface area contributed by atoms with E-state index in [4.69, 9.17) is 14.6 Å². The second-order valence-electron chi connectivity index (χ2n) is 6.84. The normalized spacial score (nSPS) is 14.9. The van der Waals surface area contributed by atoms with Gasteiger partial charge in [-0.15, -0.1) is 0 Å². The maximum Gasteiger partial charge on any atom is 0.255 e. The van der Waals surface area contributed by atoms with Gasteiger partial charge < -0.3 is 14.8 Å². The standard InChI is InChI=1S/C19H23N3O7S2/c1-28-15-8-6-14(12-17(15)30(20,24)25)21-19(23)13-5-7-16(29-2)18(11-13)31(26,27)22-9-3-4-10-22/h5-8,11-12H,3-4,9-10H2,1-2H3,(H,21,23)(H2,20,24,25). The highest BCUT2D eigenvalue weighted by atomic mass is 32.2. The smallest absolute Gasteiger partial charge is 0.255 e. The van der Waals surface area contributed by atoms with Crippen LogP contribution in [0.1, 0.15) is 23.2 Å². The first-order valence-corrected chi connectivity index (χ1v) is 12.3. The Morgan fingerprint density at radius 2 is 1.52 bits per heavy atom. The zero-order valence-corrected chi connectivity index (χ0v) is 18.6. The highest BCUT2D eigenvalue weighted by Gasteiger charge is 2.30. The monoisotopic (exact) mass is 469 g/mol. The molecule has 1 aliphatic rings. The molecule has 0 aliphatic carbocycles. The molecule has 0 unspecified atom stereocenters. The molecule has 0 saturated carbocycles. The maximum atomic E-state index is 13.0. The number of rotatable bonds is 7. The molecular formula is C19H23N3O7S2. The zero-order chi connectivity index (χ0) is 22.8. The van der Waals surface area contributed by atoms with Crippen LogP contribution >= 0.6 is 0 Å². The average molecular weight is 470 g/mol. The van der Waals surface area contributed by atoms with Gasteiger partial charge in [-0.2, -0.15) is 4.31 Å². The van der Waals surface area contributed by atoms with E-state index >= 15 is 0 Å². The first kappa shape index (κ1) is 23.0. The molecule has 0 spiro atoms. The lowest BCUT2D eigenvalue weighted by Gasteiger charge is -2.18. The van der Waals surface area contributed by atoms with Gasteiger partial charge in [0.1, 0.15) is 21.3 Å². The van der Waals surface area contributed by atoms with Gasteiger partial charge in [-0.1, -0.05) is 0 Å². The summed E-state index contributed by atoms with van der Waals surface area (Å²) in [5.74, 6) is -0.473. The van der Waals surface area contributed by atoms with Crippen molar-refractivity contribution in [2.45, 2.75) is 22.6 Å². The quantitative estimate of drug-likeness (QED) is 0.623. The number of methoxy groups -OCH3 is 2. The van der Waals surface area contributed by atoms with Crippen molar-refractivity contribution in [1.82, 2.24) is 4.31 Å². The Labute approximate surface area is 181 Å². The van der Waals surface area contributed by atoms with Gasteiger partial charge in [0.25, 0.3) is 5.91 Å². The Balaban J connectivity index is 1.94. The summed E-state index contributed by atoms with van der Waals surface area (Å²) in [6.07, 6.45) is 1.54. The predicted octanol–water partition coefficient (Wildman–Crippen LogP) is 1.39. The SMILES string of the molecule is COc1ccc(NC(=O)c2ccc(OC)c(S(=O)(=O)N3CCCC3)c2)cc1S(N)(=O)=O. The minimum atomic E-state index is -4.09. The molecule has 0 atom stereocenters. The number of sulfonamides is 2. The summed E-state index contributed by atoms with van der Waals surface area (Å²) in [6.45, 7) is 0.814. The van der Waals surface area contributed by atoms with Crippen molar-refractivity contribution in [3.63, 3.8) is 0 Å². The van der Waals surface area contributed by atoms with Crippen molar-refractivity contribution in [3.05, 3.63) is 42.0 Å². The summed E-state index contributed by atoms with van der Waals surface area (Å²) in [5.41, 5.74) is 0.209. The van der Waals surface area contributed by atoms with Crippen LogP contribution < -0.4 is 19.9 Å². The molecular weight excluding hydrogens is 446 g/mol. The molecule has 0 aromatic heterocycles. The van der Waals surface area contributed by atoms with Crippen molar-refractivity contribution in [2.24, 2.45) is 5.14 Å². The molecule has 2 aromatic carbocycles. The first-order valence-electron chi connectivity index (χ1n) is 9.28. The lowest BCUT2D eigenvalue weighted by molar-refractivity contribution is 0.102. The number of anilines is 1. The lowest BCUT2D eigenvalue weighted by Crippen LogP contribution is -2.28. The van der Waals surface area contributed by atoms with E-state index in [1.807, 2.05) is 0 Å². The van der Waals surface area contributed by atoms with Crippen LogP contribution in [0.2, 0.25) is 0 Å². The third kappa shape index (κ3) is 4.82. The molecule has 0 radical (unpaired) electrons. The van der Waals surface area contributed by atoms with E-state index < -0.39 is 26.0 Å². The van der Waals surface area contributed by atoms with Crippen molar-refractivity contribution in [1.29, 1.82) is 0 Å². The number of carbonyl (C=O) groups excluding carboxylic acids is 1. The summed E-state index contributed by atoms with van der Waals surface area (Å²) >= 11 is 0. The molecule has 2 aromatic rings. The van der Waals surface area contributed by atoms with Crippen LogP contribution in [0.25, 0.3) is 0 Å². The van der Waals surface area contributed by atoms with Gasteiger partial charge in [-0.3, -0.25) is 4.79 Å². The van der Waals surface area contributed by atoms with Gasteiger partial charge in [-0.25, -0.2) is 22.0 Å². The van der Waals surface area contributed by atoms with Gasteiger partial charge in [-0.05, 0) is 49.2 Å². The summed E-state index contributed by atoms with van der Waals surface area (Å²) in [4.78, 5) is 12.4. The fraction of sp³-hybridized carbons (Fsp3) is 0.316. The second-order valence-corrected chi connectivity index (χ2v) is 10.3. The number of benzene rings is 2. The van der Waals surface area contributed by atoms with Gasteiger partial charge in [0, 0.05) is 24.3 Å². The van der Waals surface area contributed by atoms with Crippen LogP contribution in [0.4, 0.5) is 5.69 Å². The number of nitrogens with one attached hydrogen (secondary N) is 1. The van der Waals surface area contributed by atoms with Crippen molar-refractivity contribution in [3.8, 4) is 11.5 Å². The zero-order valence-electron chi connectivity index (χ0n) is 17.0. The molecule has 3 N–H and O–H groups in total. The summed E-state index contributed by atoms with van der Waals surface area (Å²) in [6, 6.07) is 8.02. The summed E-state index contributed by atoms with van der Waals surface area (Å²) in [5, 5.41) is 7.74. The Morgan fingerprint density at radius 1 is 0.935 bits per heavy atom. The van der Waals surface area contributed by atoms with Crippen LogP contribution in [-0.4, -0.2) is 54.4 Å². The van der Waals surface area contributed by atoms with Crippen LogP contribution in [0.5, 0.6) is 11.5 Å². The van der Waals surface area contributed by atoms with E-state index in [1.165, 1.54) is 48.9 Å². The second kappa shape index (κ2) is 8.83. The largest absolute Gasteiger partial charge is 0.495 e. The third-order valence-electron chi connectivity index (χ3n) is 4.84. The van der Waals surface area contributed by atoms with Gasteiger partial charge in [0.15, 0.2) is 0 Å². The van der Waals surface area contributed by atoms with E-state index in [1.54, 1.807) is 0 Å². The lowest BCUT2D eigenvalue weighted by atomic mass is 10.2. The molecule has 10 nitrogen and oxygen atoms in total. The van der Waals surface area contributed by atoms with Gasteiger partial charge in [0.05, 0.1) is 14.2 Å². The van der Waals surface area contributed by atoms with E-state index in [0.717, 1.165) is 18.9 Å². The number of nitrogens with zero attached hydrogens (tertiary/aromatic N) is 1. The Morgan fingerprint density at radius 3 is 2.10 bits per heavy atom. The maximum absolute atomic E-state index is 13.0. The molecule has 31 heavy (non-hydrogen) atoms. The topological polar surface area (TPSA) is 145 Å².